The zero-order valence-corrected chi connectivity index (χ0v) is 6.53. The number of fused-ring (bicyclic) bond motifs is 1. The fourth-order valence-corrected chi connectivity index (χ4v) is 1.22. The molecule has 0 aliphatic heterocycles. The van der Waals surface area contributed by atoms with Crippen molar-refractivity contribution >= 4 is 16.6 Å². The molecule has 0 aliphatic rings. The molecule has 64 valence electrons. The summed E-state index contributed by atoms with van der Waals surface area (Å²) in [5.41, 5.74) is 8.87. The first-order valence-corrected chi connectivity index (χ1v) is 3.63. The summed E-state index contributed by atoms with van der Waals surface area (Å²) in [6.07, 6.45) is 1.63. The smallest absolute Gasteiger partial charge is 0.147 e. The van der Waals surface area contributed by atoms with Gasteiger partial charge in [0.05, 0.1) is 5.52 Å². The minimum absolute atomic E-state index is 0.284. The predicted molar refractivity (Wildman–Crippen MR) is 47.1 cm³/mol. The molecule has 1 N–H and O–H groups in total. The minimum atomic E-state index is -0.412. The summed E-state index contributed by atoms with van der Waals surface area (Å²) >= 11 is 0. The third-order valence-electron chi connectivity index (χ3n) is 1.76. The van der Waals surface area contributed by atoms with Gasteiger partial charge in [-0.1, -0.05) is 5.11 Å². The quantitative estimate of drug-likeness (QED) is 0.393. The van der Waals surface area contributed by atoms with Crippen molar-refractivity contribution in [2.75, 3.05) is 0 Å². The fourth-order valence-electron chi connectivity index (χ4n) is 1.22. The number of nitrogens with one attached hydrogen (secondary N) is 1. The van der Waals surface area contributed by atoms with Crippen molar-refractivity contribution in [1.82, 2.24) is 4.98 Å². The first-order valence-electron chi connectivity index (χ1n) is 3.63. The van der Waals surface area contributed by atoms with Crippen LogP contribution in [0.5, 0.6) is 0 Å². The second kappa shape index (κ2) is 2.80. The molecule has 0 spiro atoms. The van der Waals surface area contributed by atoms with E-state index in [1.54, 1.807) is 18.3 Å². The van der Waals surface area contributed by atoms with Gasteiger partial charge in [-0.15, -0.1) is 0 Å². The molecule has 0 radical (unpaired) electrons. The Morgan fingerprint density at radius 2 is 2.31 bits per heavy atom. The Labute approximate surface area is 72.6 Å². The van der Waals surface area contributed by atoms with Crippen LogP contribution < -0.4 is 0 Å². The molecule has 0 atom stereocenters. The predicted octanol–water partition coefficient (Wildman–Crippen LogP) is 3.25. The number of aromatic nitrogens is 1. The second-order valence-corrected chi connectivity index (χ2v) is 2.56. The first kappa shape index (κ1) is 7.64. The van der Waals surface area contributed by atoms with E-state index in [4.69, 9.17) is 5.53 Å². The van der Waals surface area contributed by atoms with E-state index in [-0.39, 0.29) is 5.69 Å². The molecule has 2 aromatic rings. The van der Waals surface area contributed by atoms with Crippen LogP contribution in [0.4, 0.5) is 10.1 Å². The van der Waals surface area contributed by atoms with E-state index in [2.05, 4.69) is 15.0 Å². The average Bonchev–Trinajstić information content (AvgIpc) is 2.53. The number of H-pyrrole nitrogens is 1. The van der Waals surface area contributed by atoms with Gasteiger partial charge in [0.15, 0.2) is 0 Å². The number of azide groups is 1. The van der Waals surface area contributed by atoms with Gasteiger partial charge in [-0.3, -0.25) is 0 Å². The molecule has 0 saturated heterocycles. The Bertz CT molecular complexity index is 496. The van der Waals surface area contributed by atoms with Crippen LogP contribution in [0.15, 0.2) is 29.5 Å². The highest BCUT2D eigenvalue weighted by atomic mass is 19.1. The molecule has 1 heterocycles. The summed E-state index contributed by atoms with van der Waals surface area (Å²) in [6, 6.07) is 4.53. The van der Waals surface area contributed by atoms with Gasteiger partial charge < -0.3 is 4.98 Å². The van der Waals surface area contributed by atoms with Crippen molar-refractivity contribution in [3.63, 3.8) is 0 Å². The van der Waals surface area contributed by atoms with E-state index in [0.717, 1.165) is 0 Å². The lowest BCUT2D eigenvalue weighted by molar-refractivity contribution is 0.637. The van der Waals surface area contributed by atoms with E-state index < -0.39 is 5.82 Å². The Morgan fingerprint density at radius 3 is 3.08 bits per heavy atom. The van der Waals surface area contributed by atoms with Gasteiger partial charge in [0.25, 0.3) is 0 Å². The Hall–Kier alpha value is -2.00. The minimum Gasteiger partial charge on any atom is -0.359 e. The number of aromatic amines is 1. The monoisotopic (exact) mass is 176 g/mol. The molecule has 0 amide bonds. The molecule has 4 nitrogen and oxygen atoms in total. The molecule has 0 unspecified atom stereocenters. The molecular formula is C8H5FN4. The van der Waals surface area contributed by atoms with Gasteiger partial charge in [-0.2, -0.15) is 0 Å². The Morgan fingerprint density at radius 1 is 1.46 bits per heavy atom. The number of halogens is 1. The van der Waals surface area contributed by atoms with Crippen LogP contribution in [-0.4, -0.2) is 4.98 Å². The van der Waals surface area contributed by atoms with E-state index in [0.29, 0.717) is 10.9 Å². The Kier molecular flexibility index (Phi) is 1.65. The third kappa shape index (κ3) is 1.21. The molecule has 0 aliphatic carbocycles. The maximum atomic E-state index is 13.2. The number of rotatable bonds is 1. The van der Waals surface area contributed by atoms with Gasteiger partial charge in [0, 0.05) is 22.2 Å². The zero-order chi connectivity index (χ0) is 9.26. The highest BCUT2D eigenvalue weighted by Gasteiger charge is 2.02. The van der Waals surface area contributed by atoms with Crippen molar-refractivity contribution in [3.8, 4) is 0 Å². The van der Waals surface area contributed by atoms with Gasteiger partial charge in [-0.05, 0) is 23.7 Å². The lowest BCUT2D eigenvalue weighted by Gasteiger charge is -1.94. The van der Waals surface area contributed by atoms with Crippen LogP contribution in [0.1, 0.15) is 0 Å². The van der Waals surface area contributed by atoms with Gasteiger partial charge >= 0.3 is 0 Å². The van der Waals surface area contributed by atoms with Crippen LogP contribution in [-0.2, 0) is 0 Å². The van der Waals surface area contributed by atoms with Crippen molar-refractivity contribution < 1.29 is 4.39 Å². The van der Waals surface area contributed by atoms with Crippen LogP contribution in [0.2, 0.25) is 0 Å². The summed E-state index contributed by atoms with van der Waals surface area (Å²) in [7, 11) is 0. The fraction of sp³-hybridized carbons (Fsp3) is 0. The molecule has 1 aromatic carbocycles. The van der Waals surface area contributed by atoms with E-state index >= 15 is 0 Å². The standard InChI is InChI=1S/C8H5FN4/c9-7-4-6(12-13-10)3-5-1-2-11-8(5)7/h1-4,11H. The number of benzene rings is 1. The summed E-state index contributed by atoms with van der Waals surface area (Å²) < 4.78 is 13.2. The van der Waals surface area contributed by atoms with Crippen molar-refractivity contribution in [2.45, 2.75) is 0 Å². The largest absolute Gasteiger partial charge is 0.359 e. The molecule has 13 heavy (non-hydrogen) atoms. The number of hydrogen-bond acceptors (Lipinski definition) is 1. The molecule has 1 aromatic heterocycles. The van der Waals surface area contributed by atoms with E-state index in [9.17, 15) is 4.39 Å². The van der Waals surface area contributed by atoms with Gasteiger partial charge in [0.2, 0.25) is 0 Å². The molecule has 0 saturated carbocycles. The van der Waals surface area contributed by atoms with Crippen LogP contribution in [0.3, 0.4) is 0 Å². The highest BCUT2D eigenvalue weighted by molar-refractivity contribution is 5.82. The third-order valence-corrected chi connectivity index (χ3v) is 1.76. The summed E-state index contributed by atoms with van der Waals surface area (Å²) in [5.74, 6) is -0.412. The lowest BCUT2D eigenvalue weighted by Crippen LogP contribution is -1.76. The second-order valence-electron chi connectivity index (χ2n) is 2.56. The maximum absolute atomic E-state index is 13.2. The number of hydrogen-bond donors (Lipinski definition) is 1. The average molecular weight is 176 g/mol. The first-order chi connectivity index (χ1) is 6.31. The molecule has 0 bridgehead atoms. The van der Waals surface area contributed by atoms with E-state index in [1.165, 1.54) is 6.07 Å². The Balaban J connectivity index is 2.76. The van der Waals surface area contributed by atoms with Gasteiger partial charge in [-0.25, -0.2) is 4.39 Å². The van der Waals surface area contributed by atoms with Crippen molar-refractivity contribution in [1.29, 1.82) is 0 Å². The summed E-state index contributed by atoms with van der Waals surface area (Å²) in [4.78, 5) is 5.33. The topological polar surface area (TPSA) is 64.6 Å². The molecular weight excluding hydrogens is 171 g/mol. The highest BCUT2D eigenvalue weighted by Crippen LogP contribution is 2.23. The van der Waals surface area contributed by atoms with Crippen LogP contribution in [0.25, 0.3) is 21.3 Å². The van der Waals surface area contributed by atoms with Crippen molar-refractivity contribution in [3.05, 3.63) is 40.7 Å². The van der Waals surface area contributed by atoms with Gasteiger partial charge in [0.1, 0.15) is 5.82 Å². The number of nitrogens with zero attached hydrogens (tertiary/aromatic N) is 3. The zero-order valence-electron chi connectivity index (χ0n) is 6.53. The van der Waals surface area contributed by atoms with Crippen LogP contribution in [0, 0.1) is 5.82 Å². The lowest BCUT2D eigenvalue weighted by atomic mass is 10.2. The van der Waals surface area contributed by atoms with Crippen LogP contribution >= 0.6 is 0 Å². The van der Waals surface area contributed by atoms with E-state index in [1.807, 2.05) is 0 Å². The molecule has 2 rings (SSSR count). The molecule has 0 fully saturated rings. The SMILES string of the molecule is [N-]=[N+]=Nc1cc(F)c2[nH]ccc2c1. The molecule has 5 heteroatoms. The summed E-state index contributed by atoms with van der Waals surface area (Å²) in [5, 5.41) is 4.02. The maximum Gasteiger partial charge on any atom is 0.147 e. The summed E-state index contributed by atoms with van der Waals surface area (Å²) in [6.45, 7) is 0. The normalized spacial score (nSPS) is 9.92. The van der Waals surface area contributed by atoms with Crippen molar-refractivity contribution in [2.24, 2.45) is 5.11 Å².